The van der Waals surface area contributed by atoms with Crippen LogP contribution in [0.3, 0.4) is 0 Å². The van der Waals surface area contributed by atoms with Crippen LogP contribution in [0, 0.1) is 0 Å². The Hall–Kier alpha value is -1.94. The Morgan fingerprint density at radius 3 is 2.24 bits per heavy atom. The Bertz CT molecular complexity index is 951. The van der Waals surface area contributed by atoms with Gasteiger partial charge in [-0.25, -0.2) is 9.59 Å². The molecule has 188 valence electrons. The summed E-state index contributed by atoms with van der Waals surface area (Å²) in [6.07, 6.45) is -3.56. The lowest BCUT2D eigenvalue weighted by Gasteiger charge is -2.66. The summed E-state index contributed by atoms with van der Waals surface area (Å²) in [6.45, 7) is 2.61. The van der Waals surface area contributed by atoms with Crippen LogP contribution in [0.25, 0.3) is 0 Å². The van der Waals surface area contributed by atoms with Crippen molar-refractivity contribution in [3.05, 3.63) is 11.8 Å². The highest BCUT2D eigenvalue weighted by atomic mass is 32.2. The number of ether oxygens (including phenoxy) is 2. The lowest BCUT2D eigenvalue weighted by molar-refractivity contribution is -0.134. The Labute approximate surface area is 199 Å². The Morgan fingerprint density at radius 2 is 1.65 bits per heavy atom. The Morgan fingerprint density at radius 1 is 1.06 bits per heavy atom. The number of carbonyl (C=O) groups is 3. The van der Waals surface area contributed by atoms with Crippen molar-refractivity contribution >= 4 is 29.7 Å². The van der Waals surface area contributed by atoms with Gasteiger partial charge in [-0.05, 0) is 19.4 Å². The predicted molar refractivity (Wildman–Crippen MR) is 115 cm³/mol. The highest BCUT2D eigenvalue weighted by Gasteiger charge is 2.74. The number of fused-ring (bicyclic) bond motifs is 2. The average molecular weight is 501 g/mol. The molecule has 4 fully saturated rings. The van der Waals surface area contributed by atoms with E-state index in [0.717, 1.165) is 0 Å². The molecular formula is C20H28N4O9S. The van der Waals surface area contributed by atoms with Crippen LogP contribution >= 0.6 is 11.8 Å². The fraction of sp³-hybridized carbons (Fsp3) is 0.750. The quantitative estimate of drug-likeness (QED) is 0.252. The number of thioether (sulfide) groups is 1. The van der Waals surface area contributed by atoms with Gasteiger partial charge in [0, 0.05) is 19.0 Å². The number of aliphatic hydroxyl groups excluding tert-OH is 4. The smallest absolute Gasteiger partial charge is 0.326 e. The molecule has 14 heteroatoms. The van der Waals surface area contributed by atoms with E-state index in [0.29, 0.717) is 5.57 Å². The molecule has 1 spiro atoms. The van der Waals surface area contributed by atoms with Crippen LogP contribution in [0.2, 0.25) is 0 Å². The first-order chi connectivity index (χ1) is 16.1. The topological polar surface area (TPSA) is 181 Å². The van der Waals surface area contributed by atoms with Gasteiger partial charge in [-0.2, -0.15) is 0 Å². The normalized spacial score (nSPS) is 46.2. The van der Waals surface area contributed by atoms with Crippen molar-refractivity contribution in [1.82, 2.24) is 20.4 Å². The predicted octanol–water partition coefficient (Wildman–Crippen LogP) is -2.03. The minimum absolute atomic E-state index is 0.0410. The van der Waals surface area contributed by atoms with Crippen molar-refractivity contribution in [2.24, 2.45) is 0 Å². The molecule has 6 N–H and O–H groups in total. The maximum absolute atomic E-state index is 13.2. The minimum atomic E-state index is -1.14. The van der Waals surface area contributed by atoms with E-state index in [-0.39, 0.29) is 19.4 Å². The van der Waals surface area contributed by atoms with E-state index >= 15 is 0 Å². The zero-order valence-corrected chi connectivity index (χ0v) is 19.4. The molecule has 0 saturated carbocycles. The van der Waals surface area contributed by atoms with Crippen molar-refractivity contribution in [3.8, 4) is 0 Å². The van der Waals surface area contributed by atoms with Crippen LogP contribution in [0.15, 0.2) is 11.8 Å². The number of urea groups is 2. The van der Waals surface area contributed by atoms with Gasteiger partial charge in [0.1, 0.15) is 34.3 Å². The average Bonchev–Trinajstić information content (AvgIpc) is 3.34. The number of carbonyl (C=O) groups excluding carboxylic acids is 3. The first-order valence-electron chi connectivity index (χ1n) is 11.1. The van der Waals surface area contributed by atoms with Crippen molar-refractivity contribution < 1.29 is 44.3 Å². The van der Waals surface area contributed by atoms with E-state index in [2.05, 4.69) is 10.6 Å². The van der Waals surface area contributed by atoms with Gasteiger partial charge in [0.05, 0.1) is 31.5 Å². The van der Waals surface area contributed by atoms with Gasteiger partial charge in [-0.1, -0.05) is 0 Å². The van der Waals surface area contributed by atoms with Crippen LogP contribution in [-0.4, -0.2) is 114 Å². The van der Waals surface area contributed by atoms with E-state index < -0.39 is 77.1 Å². The number of nitrogens with zero attached hydrogens (tertiary/aromatic N) is 2. The summed E-state index contributed by atoms with van der Waals surface area (Å²) in [7, 11) is 0. The summed E-state index contributed by atoms with van der Waals surface area (Å²) in [5, 5.41) is 44.4. The second-order valence-electron chi connectivity index (χ2n) is 9.39. The number of hydrogen-bond donors (Lipinski definition) is 6. The molecule has 5 amide bonds. The summed E-state index contributed by atoms with van der Waals surface area (Å²) >= 11 is 1.19. The van der Waals surface area contributed by atoms with Crippen molar-refractivity contribution in [3.63, 3.8) is 0 Å². The van der Waals surface area contributed by atoms with E-state index in [1.807, 2.05) is 0 Å². The number of hydrogen-bond acceptors (Lipinski definition) is 10. The fourth-order valence-corrected chi connectivity index (χ4v) is 7.34. The highest BCUT2D eigenvalue weighted by molar-refractivity contribution is 8.04. The monoisotopic (exact) mass is 500 g/mol. The van der Waals surface area contributed by atoms with E-state index in [1.165, 1.54) is 21.6 Å². The molecule has 0 aromatic heterocycles. The maximum atomic E-state index is 13.2. The second-order valence-corrected chi connectivity index (χ2v) is 11.1. The van der Waals surface area contributed by atoms with Gasteiger partial charge in [-0.15, -0.1) is 11.8 Å². The van der Waals surface area contributed by atoms with Crippen molar-refractivity contribution in [1.29, 1.82) is 0 Å². The molecule has 4 saturated heterocycles. The minimum Gasteiger partial charge on any atom is -0.394 e. The summed E-state index contributed by atoms with van der Waals surface area (Å²) in [6, 6.07) is -2.08. The van der Waals surface area contributed by atoms with Crippen LogP contribution < -0.4 is 10.6 Å². The molecular weight excluding hydrogens is 472 g/mol. The summed E-state index contributed by atoms with van der Waals surface area (Å²) in [5.41, 5.74) is 0.634. The van der Waals surface area contributed by atoms with Gasteiger partial charge in [-0.3, -0.25) is 19.9 Å². The number of amides is 5. The van der Waals surface area contributed by atoms with Gasteiger partial charge >= 0.3 is 12.1 Å². The Kier molecular flexibility index (Phi) is 5.63. The zero-order valence-electron chi connectivity index (χ0n) is 18.6. The standard InChI is InChI=1S/C20H28N4O9S/c1-8-5-23(13-3-9(27)11(6-25)32-13)18(31)22-20(8)15-19(2,34-20)16(29)21-17(30)24(15)14-4-10(28)12(7-26)33-14/h5,9-15,25-28H,3-4,6-7H2,1-2H3,(H,22,31)(H,21,29,30)/t9-,10-,11+,12+,13+,14+,15+,19+,20?/m0/s1. The van der Waals surface area contributed by atoms with Crippen LogP contribution in [0.1, 0.15) is 26.7 Å². The largest absolute Gasteiger partial charge is 0.394 e. The maximum Gasteiger partial charge on any atom is 0.326 e. The molecule has 0 aliphatic carbocycles. The van der Waals surface area contributed by atoms with Gasteiger partial charge in [0.25, 0.3) is 0 Å². The molecule has 5 rings (SSSR count). The Balaban J connectivity index is 1.47. The van der Waals surface area contributed by atoms with Gasteiger partial charge in [0.2, 0.25) is 5.91 Å². The number of aliphatic hydroxyl groups is 4. The second kappa shape index (κ2) is 8.05. The van der Waals surface area contributed by atoms with Crippen LogP contribution in [0.5, 0.6) is 0 Å². The van der Waals surface area contributed by atoms with Crippen molar-refractivity contribution in [2.75, 3.05) is 13.2 Å². The number of imide groups is 1. The van der Waals surface area contributed by atoms with E-state index in [4.69, 9.17) is 9.47 Å². The van der Waals surface area contributed by atoms with Gasteiger partial charge in [0.15, 0.2) is 0 Å². The molecule has 5 aliphatic rings. The number of nitrogens with one attached hydrogen (secondary N) is 2. The van der Waals surface area contributed by atoms with Gasteiger partial charge < -0.3 is 35.2 Å². The molecule has 0 aromatic rings. The SMILES string of the molecule is CC1=CN([C@H]2C[C@H](O)[C@@H](CO)O2)C(=O)NC12S[C@@]1(C)C(=O)NC(=O)N([C@H]3C[C@H](O)[C@@H](CO)O3)[C@@H]21. The lowest BCUT2D eigenvalue weighted by atomic mass is 9.82. The molecule has 13 nitrogen and oxygen atoms in total. The molecule has 0 aromatic carbocycles. The van der Waals surface area contributed by atoms with Crippen molar-refractivity contribution in [2.45, 2.75) is 79.2 Å². The van der Waals surface area contributed by atoms with Crippen LogP contribution in [0.4, 0.5) is 9.59 Å². The van der Waals surface area contributed by atoms with E-state index in [1.54, 1.807) is 20.0 Å². The molecule has 34 heavy (non-hydrogen) atoms. The third-order valence-electron chi connectivity index (χ3n) is 7.30. The first-order valence-corrected chi connectivity index (χ1v) is 11.9. The first kappa shape index (κ1) is 23.8. The lowest BCUT2D eigenvalue weighted by Crippen LogP contribution is -2.86. The summed E-state index contributed by atoms with van der Waals surface area (Å²) in [5.74, 6) is -0.496. The molecule has 9 atom stereocenters. The molecule has 0 radical (unpaired) electrons. The highest BCUT2D eigenvalue weighted by Crippen LogP contribution is 2.62. The fourth-order valence-electron chi connectivity index (χ4n) is 5.50. The molecule has 1 unspecified atom stereocenters. The molecule has 0 bridgehead atoms. The molecule has 5 heterocycles. The van der Waals surface area contributed by atoms with Crippen LogP contribution in [-0.2, 0) is 14.3 Å². The summed E-state index contributed by atoms with van der Waals surface area (Å²) in [4.78, 5) is 40.4. The molecule has 5 aliphatic heterocycles. The number of rotatable bonds is 4. The summed E-state index contributed by atoms with van der Waals surface area (Å²) < 4.78 is 10.2. The zero-order chi connectivity index (χ0) is 24.6. The third kappa shape index (κ3) is 3.20. The third-order valence-corrected chi connectivity index (χ3v) is 9.10. The van der Waals surface area contributed by atoms with E-state index in [9.17, 15) is 34.8 Å².